The van der Waals surface area contributed by atoms with Crippen LogP contribution < -0.4 is 10.6 Å². The lowest BCUT2D eigenvalue weighted by Gasteiger charge is -2.30. The SMILES string of the molecule is O=C(NC1CC1)C1CCCN1C(=O)NC1CCC(O)CC1. The zero-order chi connectivity index (χ0) is 14.8. The fraction of sp³-hybridized carbons (Fsp3) is 0.867. The number of nitrogens with zero attached hydrogens (tertiary/aromatic N) is 1. The standard InChI is InChI=1S/C15H25N3O3/c19-12-7-5-11(6-8-12)17-15(21)18-9-1-2-13(18)14(20)16-10-3-4-10/h10-13,19H,1-9H2,(H,16,20)(H,17,21). The maximum atomic E-state index is 12.4. The van der Waals surface area contributed by atoms with Gasteiger partial charge in [0.1, 0.15) is 6.04 Å². The van der Waals surface area contributed by atoms with E-state index in [1.165, 1.54) is 0 Å². The number of nitrogens with one attached hydrogen (secondary N) is 2. The first-order valence-corrected chi connectivity index (χ1v) is 8.19. The molecule has 21 heavy (non-hydrogen) atoms. The van der Waals surface area contributed by atoms with Crippen molar-refractivity contribution >= 4 is 11.9 Å². The molecule has 3 amide bonds. The Morgan fingerprint density at radius 2 is 1.52 bits per heavy atom. The van der Waals surface area contributed by atoms with Crippen molar-refractivity contribution in [2.24, 2.45) is 0 Å². The van der Waals surface area contributed by atoms with E-state index in [1.54, 1.807) is 4.90 Å². The van der Waals surface area contributed by atoms with Gasteiger partial charge in [0.25, 0.3) is 0 Å². The first-order chi connectivity index (χ1) is 10.1. The predicted octanol–water partition coefficient (Wildman–Crippen LogP) is 0.742. The summed E-state index contributed by atoms with van der Waals surface area (Å²) in [6, 6.07) is 0.0427. The third-order valence-corrected chi connectivity index (χ3v) is 4.76. The monoisotopic (exact) mass is 295 g/mol. The van der Waals surface area contributed by atoms with Crippen LogP contribution in [0.3, 0.4) is 0 Å². The van der Waals surface area contributed by atoms with Crippen LogP contribution in [0, 0.1) is 0 Å². The largest absolute Gasteiger partial charge is 0.393 e. The van der Waals surface area contributed by atoms with Gasteiger partial charge >= 0.3 is 6.03 Å². The summed E-state index contributed by atoms with van der Waals surface area (Å²) in [5.41, 5.74) is 0. The second-order valence-electron chi connectivity index (χ2n) is 6.59. The van der Waals surface area contributed by atoms with E-state index in [0.717, 1.165) is 51.4 Å². The van der Waals surface area contributed by atoms with E-state index in [-0.39, 0.29) is 30.1 Å². The van der Waals surface area contributed by atoms with Crippen LogP contribution in [0.2, 0.25) is 0 Å². The first kappa shape index (κ1) is 14.6. The number of hydrogen-bond acceptors (Lipinski definition) is 3. The van der Waals surface area contributed by atoms with Gasteiger partial charge < -0.3 is 20.6 Å². The lowest BCUT2D eigenvalue weighted by Crippen LogP contribution is -2.52. The van der Waals surface area contributed by atoms with Gasteiger partial charge in [-0.15, -0.1) is 0 Å². The smallest absolute Gasteiger partial charge is 0.318 e. The summed E-state index contributed by atoms with van der Waals surface area (Å²) in [6.07, 6.45) is 6.69. The maximum absolute atomic E-state index is 12.4. The maximum Gasteiger partial charge on any atom is 0.318 e. The predicted molar refractivity (Wildman–Crippen MR) is 77.7 cm³/mol. The summed E-state index contributed by atoms with van der Waals surface area (Å²) in [7, 11) is 0. The van der Waals surface area contributed by atoms with Crippen LogP contribution in [0.25, 0.3) is 0 Å². The fourth-order valence-electron chi connectivity index (χ4n) is 3.29. The molecule has 3 N–H and O–H groups in total. The average molecular weight is 295 g/mol. The van der Waals surface area contributed by atoms with Crippen LogP contribution in [0.4, 0.5) is 4.79 Å². The van der Waals surface area contributed by atoms with Crippen LogP contribution in [-0.4, -0.2) is 52.7 Å². The molecule has 6 heteroatoms. The third-order valence-electron chi connectivity index (χ3n) is 4.76. The van der Waals surface area contributed by atoms with Gasteiger partial charge in [-0.3, -0.25) is 4.79 Å². The molecule has 0 radical (unpaired) electrons. The van der Waals surface area contributed by atoms with E-state index in [4.69, 9.17) is 0 Å². The molecule has 2 saturated carbocycles. The number of carbonyl (C=O) groups excluding carboxylic acids is 2. The minimum absolute atomic E-state index is 0.00390. The number of aliphatic hydroxyl groups is 1. The molecule has 1 heterocycles. The Hall–Kier alpha value is -1.30. The van der Waals surface area contributed by atoms with Gasteiger partial charge in [-0.2, -0.15) is 0 Å². The molecule has 3 rings (SSSR count). The Morgan fingerprint density at radius 3 is 2.19 bits per heavy atom. The molecule has 3 aliphatic rings. The Morgan fingerprint density at radius 1 is 0.905 bits per heavy atom. The molecule has 3 fully saturated rings. The van der Waals surface area contributed by atoms with Crippen LogP contribution >= 0.6 is 0 Å². The van der Waals surface area contributed by atoms with Crippen LogP contribution in [0.1, 0.15) is 51.4 Å². The van der Waals surface area contributed by atoms with Gasteiger partial charge in [-0.1, -0.05) is 0 Å². The molecule has 0 aromatic carbocycles. The average Bonchev–Trinajstić information content (AvgIpc) is 3.13. The van der Waals surface area contributed by atoms with Crippen molar-refractivity contribution in [3.05, 3.63) is 0 Å². The molecule has 0 bridgehead atoms. The molecule has 1 unspecified atom stereocenters. The number of rotatable bonds is 3. The highest BCUT2D eigenvalue weighted by Gasteiger charge is 2.37. The highest BCUT2D eigenvalue weighted by Crippen LogP contribution is 2.23. The summed E-state index contributed by atoms with van der Waals surface area (Å²) in [6.45, 7) is 0.657. The normalized spacial score (nSPS) is 32.8. The lowest BCUT2D eigenvalue weighted by molar-refractivity contribution is -0.124. The molecular formula is C15H25N3O3. The number of hydrogen-bond donors (Lipinski definition) is 3. The molecule has 1 atom stereocenters. The van der Waals surface area contributed by atoms with E-state index < -0.39 is 0 Å². The van der Waals surface area contributed by atoms with Gasteiger partial charge in [-0.25, -0.2) is 4.79 Å². The summed E-state index contributed by atoms with van der Waals surface area (Å²) in [5.74, 6) is 0.00390. The molecule has 118 valence electrons. The molecule has 2 aliphatic carbocycles. The minimum Gasteiger partial charge on any atom is -0.393 e. The summed E-state index contributed by atoms with van der Waals surface area (Å²) in [4.78, 5) is 26.2. The quantitative estimate of drug-likeness (QED) is 0.718. The Balaban J connectivity index is 1.51. The molecule has 1 aliphatic heterocycles. The molecule has 0 spiro atoms. The van der Waals surface area contributed by atoms with Crippen molar-refractivity contribution < 1.29 is 14.7 Å². The van der Waals surface area contributed by atoms with Crippen LogP contribution in [0.5, 0.6) is 0 Å². The van der Waals surface area contributed by atoms with E-state index in [9.17, 15) is 14.7 Å². The van der Waals surface area contributed by atoms with Crippen molar-refractivity contribution in [2.45, 2.75) is 75.6 Å². The number of carbonyl (C=O) groups is 2. The number of aliphatic hydroxyl groups excluding tert-OH is 1. The second-order valence-corrected chi connectivity index (χ2v) is 6.59. The number of amides is 3. The Labute approximate surface area is 125 Å². The molecular weight excluding hydrogens is 270 g/mol. The van der Waals surface area contributed by atoms with Gasteiger partial charge in [-0.05, 0) is 51.4 Å². The van der Waals surface area contributed by atoms with Crippen LogP contribution in [0.15, 0.2) is 0 Å². The summed E-state index contributed by atoms with van der Waals surface area (Å²) in [5, 5.41) is 15.5. The molecule has 0 aromatic rings. The Bertz CT molecular complexity index is 403. The first-order valence-electron chi connectivity index (χ1n) is 8.19. The second kappa shape index (κ2) is 6.22. The number of urea groups is 1. The van der Waals surface area contributed by atoms with Gasteiger partial charge in [0.2, 0.25) is 5.91 Å². The molecule has 6 nitrogen and oxygen atoms in total. The summed E-state index contributed by atoms with van der Waals surface area (Å²) < 4.78 is 0. The van der Waals surface area contributed by atoms with Crippen molar-refractivity contribution in [3.63, 3.8) is 0 Å². The van der Waals surface area contributed by atoms with Crippen molar-refractivity contribution in [2.75, 3.05) is 6.54 Å². The lowest BCUT2D eigenvalue weighted by atomic mass is 9.93. The van der Waals surface area contributed by atoms with Crippen molar-refractivity contribution in [1.82, 2.24) is 15.5 Å². The minimum atomic E-state index is -0.306. The molecule has 1 saturated heterocycles. The summed E-state index contributed by atoms with van der Waals surface area (Å²) >= 11 is 0. The number of likely N-dealkylation sites (tertiary alicyclic amines) is 1. The third kappa shape index (κ3) is 3.67. The van der Waals surface area contributed by atoms with E-state index in [1.807, 2.05) is 0 Å². The van der Waals surface area contributed by atoms with Crippen LogP contribution in [-0.2, 0) is 4.79 Å². The zero-order valence-electron chi connectivity index (χ0n) is 12.4. The van der Waals surface area contributed by atoms with Gasteiger partial charge in [0.05, 0.1) is 6.10 Å². The highest BCUT2D eigenvalue weighted by atomic mass is 16.3. The van der Waals surface area contributed by atoms with Gasteiger partial charge in [0.15, 0.2) is 0 Å². The fourth-order valence-corrected chi connectivity index (χ4v) is 3.29. The Kier molecular flexibility index (Phi) is 4.33. The van der Waals surface area contributed by atoms with E-state index in [0.29, 0.717) is 12.6 Å². The van der Waals surface area contributed by atoms with Gasteiger partial charge in [0, 0.05) is 18.6 Å². The van der Waals surface area contributed by atoms with Crippen molar-refractivity contribution in [3.8, 4) is 0 Å². The highest BCUT2D eigenvalue weighted by molar-refractivity contribution is 5.88. The molecule has 0 aromatic heterocycles. The van der Waals surface area contributed by atoms with E-state index in [2.05, 4.69) is 10.6 Å². The zero-order valence-corrected chi connectivity index (χ0v) is 12.4. The topological polar surface area (TPSA) is 81.7 Å². The van der Waals surface area contributed by atoms with Crippen molar-refractivity contribution in [1.29, 1.82) is 0 Å². The van der Waals surface area contributed by atoms with E-state index >= 15 is 0 Å².